The van der Waals surface area contributed by atoms with Crippen molar-refractivity contribution < 1.29 is 0 Å². The highest BCUT2D eigenvalue weighted by molar-refractivity contribution is 5.85. The summed E-state index contributed by atoms with van der Waals surface area (Å²) in [5.74, 6) is 2.74. The van der Waals surface area contributed by atoms with Gasteiger partial charge in [-0.15, -0.1) is 12.4 Å². The fourth-order valence-electron chi connectivity index (χ4n) is 4.67. The van der Waals surface area contributed by atoms with E-state index in [9.17, 15) is 0 Å². The fraction of sp³-hybridized carbons (Fsp3) is 1.00. The van der Waals surface area contributed by atoms with Crippen molar-refractivity contribution in [2.24, 2.45) is 23.5 Å². The van der Waals surface area contributed by atoms with E-state index in [-0.39, 0.29) is 12.4 Å². The fourth-order valence-corrected chi connectivity index (χ4v) is 4.67. The van der Waals surface area contributed by atoms with E-state index in [1.165, 1.54) is 77.4 Å². The summed E-state index contributed by atoms with van der Waals surface area (Å²) in [6, 6.07) is 0.503. The van der Waals surface area contributed by atoms with Crippen LogP contribution in [-0.4, -0.2) is 30.6 Å². The Hall–Kier alpha value is 0.210. The first-order valence-electron chi connectivity index (χ1n) is 8.31. The van der Waals surface area contributed by atoms with Crippen LogP contribution in [0.3, 0.4) is 0 Å². The molecule has 2 N–H and O–H groups in total. The molecule has 3 rings (SSSR count). The van der Waals surface area contributed by atoms with E-state index in [0.717, 1.165) is 17.8 Å². The summed E-state index contributed by atoms with van der Waals surface area (Å²) in [6.07, 6.45) is 13.0. The molecule has 0 spiro atoms. The van der Waals surface area contributed by atoms with Gasteiger partial charge < -0.3 is 10.6 Å². The number of hydrogen-bond acceptors (Lipinski definition) is 2. The third-order valence-electron chi connectivity index (χ3n) is 5.72. The van der Waals surface area contributed by atoms with Gasteiger partial charge >= 0.3 is 0 Å². The summed E-state index contributed by atoms with van der Waals surface area (Å²) in [6.45, 7) is 4.04. The standard InChI is InChI=1S/C16H30N2.ClH/c17-16-9-5-8-14-11-18(12-15(14)16)10-13-6-3-1-2-4-7-13;/h13-16H,1-12,17H2;1H. The lowest BCUT2D eigenvalue weighted by Gasteiger charge is -2.30. The van der Waals surface area contributed by atoms with Crippen molar-refractivity contribution in [3.8, 4) is 0 Å². The Morgan fingerprint density at radius 1 is 0.842 bits per heavy atom. The van der Waals surface area contributed by atoms with Crippen molar-refractivity contribution in [1.82, 2.24) is 4.90 Å². The molecule has 0 aromatic rings. The molecular weight excluding hydrogens is 256 g/mol. The van der Waals surface area contributed by atoms with Gasteiger partial charge in [-0.25, -0.2) is 0 Å². The Morgan fingerprint density at radius 2 is 1.58 bits per heavy atom. The molecule has 0 bridgehead atoms. The molecule has 3 heteroatoms. The number of nitrogens with two attached hydrogens (primary N) is 1. The molecule has 0 aromatic heterocycles. The second kappa shape index (κ2) is 7.28. The highest BCUT2D eigenvalue weighted by Gasteiger charge is 2.38. The smallest absolute Gasteiger partial charge is 0.00825 e. The van der Waals surface area contributed by atoms with Crippen molar-refractivity contribution >= 4 is 12.4 Å². The van der Waals surface area contributed by atoms with Crippen LogP contribution in [-0.2, 0) is 0 Å². The molecule has 1 saturated heterocycles. The quantitative estimate of drug-likeness (QED) is 0.788. The summed E-state index contributed by atoms with van der Waals surface area (Å²) >= 11 is 0. The first-order valence-corrected chi connectivity index (χ1v) is 8.31. The van der Waals surface area contributed by atoms with Crippen LogP contribution < -0.4 is 5.73 Å². The molecule has 2 aliphatic carbocycles. The largest absolute Gasteiger partial charge is 0.327 e. The van der Waals surface area contributed by atoms with Crippen LogP contribution in [0.2, 0.25) is 0 Å². The molecule has 3 unspecified atom stereocenters. The molecule has 3 aliphatic rings. The van der Waals surface area contributed by atoms with Gasteiger partial charge in [0.2, 0.25) is 0 Å². The minimum Gasteiger partial charge on any atom is -0.327 e. The van der Waals surface area contributed by atoms with Crippen LogP contribution in [0.5, 0.6) is 0 Å². The molecule has 1 aliphatic heterocycles. The van der Waals surface area contributed by atoms with Crippen molar-refractivity contribution in [1.29, 1.82) is 0 Å². The maximum Gasteiger partial charge on any atom is 0.00825 e. The van der Waals surface area contributed by atoms with Gasteiger partial charge in [0.05, 0.1) is 0 Å². The van der Waals surface area contributed by atoms with Gasteiger partial charge in [0, 0.05) is 25.7 Å². The minimum atomic E-state index is 0. The van der Waals surface area contributed by atoms with E-state index in [2.05, 4.69) is 4.90 Å². The maximum atomic E-state index is 6.31. The molecule has 3 fully saturated rings. The van der Waals surface area contributed by atoms with E-state index in [1.807, 2.05) is 0 Å². The third-order valence-corrected chi connectivity index (χ3v) is 5.72. The second-order valence-electron chi connectivity index (χ2n) is 7.09. The molecular formula is C16H31ClN2. The predicted octanol–water partition coefficient (Wildman–Crippen LogP) is 3.44. The molecule has 3 atom stereocenters. The zero-order valence-corrected chi connectivity index (χ0v) is 13.0. The zero-order valence-electron chi connectivity index (χ0n) is 12.2. The van der Waals surface area contributed by atoms with Crippen LogP contribution in [0, 0.1) is 17.8 Å². The zero-order chi connectivity index (χ0) is 12.4. The SMILES string of the molecule is Cl.NC1CCCC2CN(CC3CCCCCC3)CC12. The Balaban J connectivity index is 0.00000133. The maximum absolute atomic E-state index is 6.31. The van der Waals surface area contributed by atoms with E-state index in [1.54, 1.807) is 0 Å². The van der Waals surface area contributed by atoms with Gasteiger partial charge in [0.1, 0.15) is 0 Å². The summed E-state index contributed by atoms with van der Waals surface area (Å²) < 4.78 is 0. The van der Waals surface area contributed by atoms with E-state index in [4.69, 9.17) is 5.73 Å². The Morgan fingerprint density at radius 3 is 2.26 bits per heavy atom. The van der Waals surface area contributed by atoms with Gasteiger partial charge in [-0.2, -0.15) is 0 Å². The van der Waals surface area contributed by atoms with Crippen molar-refractivity contribution in [3.63, 3.8) is 0 Å². The normalized spacial score (nSPS) is 37.4. The summed E-state index contributed by atoms with van der Waals surface area (Å²) in [4.78, 5) is 2.76. The summed E-state index contributed by atoms with van der Waals surface area (Å²) in [5.41, 5.74) is 6.31. The lowest BCUT2D eigenvalue weighted by atomic mass is 9.78. The van der Waals surface area contributed by atoms with Crippen molar-refractivity contribution in [2.45, 2.75) is 63.8 Å². The first kappa shape index (κ1) is 15.6. The molecule has 2 saturated carbocycles. The van der Waals surface area contributed by atoms with Crippen molar-refractivity contribution in [3.05, 3.63) is 0 Å². The second-order valence-corrected chi connectivity index (χ2v) is 7.09. The van der Waals surface area contributed by atoms with Crippen LogP contribution in [0.15, 0.2) is 0 Å². The van der Waals surface area contributed by atoms with E-state index < -0.39 is 0 Å². The van der Waals surface area contributed by atoms with Gasteiger partial charge in [-0.3, -0.25) is 0 Å². The van der Waals surface area contributed by atoms with Crippen LogP contribution in [0.25, 0.3) is 0 Å². The number of likely N-dealkylation sites (tertiary alicyclic amines) is 1. The highest BCUT2D eigenvalue weighted by atomic mass is 35.5. The first-order chi connectivity index (χ1) is 8.83. The molecule has 112 valence electrons. The average molecular weight is 287 g/mol. The van der Waals surface area contributed by atoms with Crippen LogP contribution >= 0.6 is 12.4 Å². The van der Waals surface area contributed by atoms with Gasteiger partial charge in [-0.05, 0) is 43.4 Å². The Kier molecular flexibility index (Phi) is 5.98. The number of rotatable bonds is 2. The van der Waals surface area contributed by atoms with Crippen LogP contribution in [0.4, 0.5) is 0 Å². The van der Waals surface area contributed by atoms with E-state index >= 15 is 0 Å². The Bertz CT molecular complexity index is 263. The average Bonchev–Trinajstić information content (AvgIpc) is 2.60. The van der Waals surface area contributed by atoms with E-state index in [0.29, 0.717) is 6.04 Å². The lowest BCUT2D eigenvalue weighted by Crippen LogP contribution is -2.38. The molecule has 0 radical (unpaired) electrons. The molecule has 2 nitrogen and oxygen atoms in total. The third kappa shape index (κ3) is 3.86. The van der Waals surface area contributed by atoms with Crippen LogP contribution in [0.1, 0.15) is 57.8 Å². The topological polar surface area (TPSA) is 29.3 Å². The van der Waals surface area contributed by atoms with Gasteiger partial charge in [0.15, 0.2) is 0 Å². The highest BCUT2D eigenvalue weighted by Crippen LogP contribution is 2.36. The molecule has 0 aromatic carbocycles. The molecule has 1 heterocycles. The number of fused-ring (bicyclic) bond motifs is 1. The molecule has 19 heavy (non-hydrogen) atoms. The number of nitrogens with zero attached hydrogens (tertiary/aromatic N) is 1. The van der Waals surface area contributed by atoms with Gasteiger partial charge in [-0.1, -0.05) is 32.1 Å². The number of halogens is 1. The lowest BCUT2D eigenvalue weighted by molar-refractivity contribution is 0.247. The van der Waals surface area contributed by atoms with Crippen molar-refractivity contribution in [2.75, 3.05) is 19.6 Å². The summed E-state index contributed by atoms with van der Waals surface area (Å²) in [7, 11) is 0. The minimum absolute atomic E-state index is 0. The molecule has 0 amide bonds. The van der Waals surface area contributed by atoms with Gasteiger partial charge in [0.25, 0.3) is 0 Å². The number of hydrogen-bond donors (Lipinski definition) is 1. The summed E-state index contributed by atoms with van der Waals surface area (Å²) in [5, 5.41) is 0. The predicted molar refractivity (Wildman–Crippen MR) is 83.7 cm³/mol. The Labute approximate surface area is 124 Å². The monoisotopic (exact) mass is 286 g/mol.